The summed E-state index contributed by atoms with van der Waals surface area (Å²) in [4.78, 5) is 38.2. The van der Waals surface area contributed by atoms with E-state index in [9.17, 15) is 19.5 Å². The minimum Gasteiger partial charge on any atom is -0.505 e. The number of allylic oxidation sites excluding steroid dienone is 1. The van der Waals surface area contributed by atoms with Gasteiger partial charge in [-0.3, -0.25) is 14.6 Å². The van der Waals surface area contributed by atoms with Crippen LogP contribution < -0.4 is 11.2 Å². The Hall–Kier alpha value is -3.29. The van der Waals surface area contributed by atoms with Crippen molar-refractivity contribution in [3.63, 3.8) is 0 Å². The van der Waals surface area contributed by atoms with Gasteiger partial charge in [0.15, 0.2) is 22.9 Å². The highest BCUT2D eigenvalue weighted by atomic mass is 16.3. The van der Waals surface area contributed by atoms with Crippen LogP contribution in [0.5, 0.6) is 0 Å². The maximum Gasteiger partial charge on any atom is 0.325 e. The Balaban J connectivity index is 2.46. The molecule has 2 aromatic rings. The summed E-state index contributed by atoms with van der Waals surface area (Å²) < 4.78 is 0. The number of aliphatic hydroxyl groups is 1. The number of carbonyl (C=O) groups is 1. The number of aromatic amines is 2. The molecule has 0 aliphatic heterocycles. The van der Waals surface area contributed by atoms with E-state index in [2.05, 4.69) is 15.2 Å². The maximum atomic E-state index is 11.6. The molecule has 0 amide bonds. The monoisotopic (exact) mass is 300 g/mol. The van der Waals surface area contributed by atoms with Crippen molar-refractivity contribution in [3.05, 3.63) is 68.6 Å². The van der Waals surface area contributed by atoms with Gasteiger partial charge in [0.1, 0.15) is 0 Å². The van der Waals surface area contributed by atoms with Crippen LogP contribution in [0.3, 0.4) is 0 Å². The van der Waals surface area contributed by atoms with Crippen LogP contribution in [0.25, 0.3) is 5.76 Å². The predicted molar refractivity (Wildman–Crippen MR) is 78.9 cm³/mol. The van der Waals surface area contributed by atoms with Gasteiger partial charge < -0.3 is 10.1 Å². The molecule has 0 fully saturated rings. The van der Waals surface area contributed by atoms with Gasteiger partial charge in [0.05, 0.1) is 0 Å². The topological polar surface area (TPSA) is 128 Å². The van der Waals surface area contributed by atoms with Gasteiger partial charge in [-0.1, -0.05) is 30.3 Å². The van der Waals surface area contributed by atoms with Crippen LogP contribution >= 0.6 is 0 Å². The average Bonchev–Trinajstić information content (AvgIpc) is 2.49. The summed E-state index contributed by atoms with van der Waals surface area (Å²) in [6.07, 6.45) is 1.06. The number of nitrogens with zero attached hydrogens (tertiary/aromatic N) is 2. The van der Waals surface area contributed by atoms with Gasteiger partial charge in [-0.05, 0) is 0 Å². The molecule has 8 heteroatoms. The molecule has 1 aromatic carbocycles. The molecule has 0 atom stereocenters. The molecule has 22 heavy (non-hydrogen) atoms. The Morgan fingerprint density at radius 2 is 1.86 bits per heavy atom. The maximum absolute atomic E-state index is 11.6. The quantitative estimate of drug-likeness (QED) is 0.450. The van der Waals surface area contributed by atoms with Crippen LogP contribution in [0.15, 0.2) is 62.0 Å². The van der Waals surface area contributed by atoms with Crippen LogP contribution in [0.1, 0.15) is 12.5 Å². The molecule has 0 radical (unpaired) electrons. The summed E-state index contributed by atoms with van der Waals surface area (Å²) in [5.74, 6) is -0.872. The van der Waals surface area contributed by atoms with E-state index in [4.69, 9.17) is 0 Å². The lowest BCUT2D eigenvalue weighted by Gasteiger charge is -2.02. The van der Waals surface area contributed by atoms with Crippen molar-refractivity contribution in [1.29, 1.82) is 0 Å². The van der Waals surface area contributed by atoms with Crippen molar-refractivity contribution in [2.45, 2.75) is 6.92 Å². The molecule has 0 saturated heterocycles. The average molecular weight is 300 g/mol. The number of benzene rings is 1. The van der Waals surface area contributed by atoms with Crippen LogP contribution in [0, 0.1) is 0 Å². The molecule has 0 saturated carbocycles. The number of ketones is 1. The first-order valence-electron chi connectivity index (χ1n) is 6.22. The van der Waals surface area contributed by atoms with E-state index in [1.54, 1.807) is 30.3 Å². The molecule has 112 valence electrons. The lowest BCUT2D eigenvalue weighted by atomic mass is 10.1. The van der Waals surface area contributed by atoms with Gasteiger partial charge in [0.25, 0.3) is 5.56 Å². The van der Waals surface area contributed by atoms with E-state index in [-0.39, 0.29) is 17.1 Å². The molecule has 8 nitrogen and oxygen atoms in total. The second-order valence-electron chi connectivity index (χ2n) is 4.28. The summed E-state index contributed by atoms with van der Waals surface area (Å²) in [7, 11) is 0. The van der Waals surface area contributed by atoms with Crippen LogP contribution in [-0.4, -0.2) is 20.9 Å². The van der Waals surface area contributed by atoms with E-state index < -0.39 is 17.0 Å². The SMILES string of the molecule is CC(=O)/C(N=Nc1c[nH]c(=O)[nH]c1=O)=C(/O)c1ccccc1. The minimum atomic E-state index is -0.755. The molecule has 1 heterocycles. The summed E-state index contributed by atoms with van der Waals surface area (Å²) in [6, 6.07) is 8.33. The number of carbonyl (C=O) groups excluding carboxylic acids is 1. The number of hydrogen-bond donors (Lipinski definition) is 3. The third-order valence-electron chi connectivity index (χ3n) is 2.66. The zero-order valence-corrected chi connectivity index (χ0v) is 11.5. The zero-order chi connectivity index (χ0) is 16.1. The lowest BCUT2D eigenvalue weighted by Crippen LogP contribution is -2.20. The highest BCUT2D eigenvalue weighted by molar-refractivity contribution is 5.99. The third kappa shape index (κ3) is 3.42. The molecular weight excluding hydrogens is 288 g/mol. The Bertz CT molecular complexity index is 862. The van der Waals surface area contributed by atoms with Crippen molar-refractivity contribution < 1.29 is 9.90 Å². The number of aliphatic hydroxyl groups excluding tert-OH is 1. The van der Waals surface area contributed by atoms with Crippen molar-refractivity contribution in [1.82, 2.24) is 9.97 Å². The smallest absolute Gasteiger partial charge is 0.325 e. The summed E-state index contributed by atoms with van der Waals surface area (Å²) in [5.41, 5.74) is -1.54. The Morgan fingerprint density at radius 3 is 2.45 bits per heavy atom. The predicted octanol–water partition coefficient (Wildman–Crippen LogP) is 1.66. The van der Waals surface area contributed by atoms with E-state index in [0.717, 1.165) is 6.20 Å². The van der Waals surface area contributed by atoms with Crippen LogP contribution in [0.2, 0.25) is 0 Å². The molecule has 0 spiro atoms. The summed E-state index contributed by atoms with van der Waals surface area (Å²) in [6.45, 7) is 1.21. The van der Waals surface area contributed by atoms with Gasteiger partial charge in [-0.2, -0.15) is 0 Å². The Morgan fingerprint density at radius 1 is 1.18 bits per heavy atom. The molecule has 0 unspecified atom stereocenters. The number of nitrogens with one attached hydrogen (secondary N) is 2. The molecular formula is C14H12N4O4. The van der Waals surface area contributed by atoms with E-state index in [1.165, 1.54) is 6.92 Å². The molecule has 2 rings (SSSR count). The standard InChI is InChI=1S/C14H12N4O4/c1-8(19)11(12(20)9-5-3-2-4-6-9)18-17-10-7-15-14(22)16-13(10)21/h2-7,20H,1H3,(H2,15,16,21,22)/b12-11-,18-17?. The fraction of sp³-hybridized carbons (Fsp3) is 0.0714. The van der Waals surface area contributed by atoms with Crippen LogP contribution in [0.4, 0.5) is 5.69 Å². The second-order valence-corrected chi connectivity index (χ2v) is 4.28. The van der Waals surface area contributed by atoms with Gasteiger partial charge in [-0.25, -0.2) is 4.79 Å². The van der Waals surface area contributed by atoms with Gasteiger partial charge in [-0.15, -0.1) is 10.2 Å². The largest absolute Gasteiger partial charge is 0.505 e. The molecule has 0 aliphatic rings. The third-order valence-corrected chi connectivity index (χ3v) is 2.66. The molecule has 0 aliphatic carbocycles. The molecule has 1 aromatic heterocycles. The fourth-order valence-corrected chi connectivity index (χ4v) is 1.60. The summed E-state index contributed by atoms with van der Waals surface area (Å²) in [5, 5.41) is 17.3. The molecule has 0 bridgehead atoms. The zero-order valence-electron chi connectivity index (χ0n) is 11.5. The van der Waals surface area contributed by atoms with E-state index >= 15 is 0 Å². The first-order valence-corrected chi connectivity index (χ1v) is 6.22. The van der Waals surface area contributed by atoms with E-state index in [0.29, 0.717) is 5.56 Å². The van der Waals surface area contributed by atoms with Gasteiger partial charge >= 0.3 is 5.69 Å². The number of Topliss-reactive ketones (excluding diaryl/α,β-unsaturated/α-hetero) is 1. The highest BCUT2D eigenvalue weighted by Crippen LogP contribution is 2.18. The number of H-pyrrole nitrogens is 2. The first-order chi connectivity index (χ1) is 10.5. The normalized spacial score (nSPS) is 12.2. The fourth-order valence-electron chi connectivity index (χ4n) is 1.60. The first kappa shape index (κ1) is 15.1. The van der Waals surface area contributed by atoms with Crippen molar-refractivity contribution in [2.75, 3.05) is 0 Å². The van der Waals surface area contributed by atoms with Gasteiger partial charge in [0, 0.05) is 18.7 Å². The minimum absolute atomic E-state index is 0.195. The summed E-state index contributed by atoms with van der Waals surface area (Å²) >= 11 is 0. The van der Waals surface area contributed by atoms with Gasteiger partial charge in [0.2, 0.25) is 0 Å². The number of aromatic nitrogens is 2. The number of rotatable bonds is 4. The van der Waals surface area contributed by atoms with Crippen molar-refractivity contribution in [3.8, 4) is 0 Å². The second kappa shape index (κ2) is 6.44. The molecule has 3 N–H and O–H groups in total. The number of azo groups is 1. The Kier molecular flexibility index (Phi) is 4.42. The van der Waals surface area contributed by atoms with Crippen LogP contribution in [-0.2, 0) is 4.79 Å². The highest BCUT2D eigenvalue weighted by Gasteiger charge is 2.12. The van der Waals surface area contributed by atoms with Crippen molar-refractivity contribution in [2.24, 2.45) is 10.2 Å². The number of hydrogen-bond acceptors (Lipinski definition) is 6. The van der Waals surface area contributed by atoms with E-state index in [1.807, 2.05) is 4.98 Å². The lowest BCUT2D eigenvalue weighted by molar-refractivity contribution is -0.113. The van der Waals surface area contributed by atoms with Crippen molar-refractivity contribution >= 4 is 17.2 Å². The Labute approximate surface area is 123 Å².